The Labute approximate surface area is 108 Å². The Bertz CT molecular complexity index is 379. The highest BCUT2D eigenvalue weighted by molar-refractivity contribution is 5.24. The van der Waals surface area contributed by atoms with Crippen molar-refractivity contribution in [1.29, 1.82) is 0 Å². The first-order valence-corrected chi connectivity index (χ1v) is 6.73. The molecule has 18 heavy (non-hydrogen) atoms. The predicted octanol–water partition coefficient (Wildman–Crippen LogP) is 4.15. The van der Waals surface area contributed by atoms with Gasteiger partial charge in [0.05, 0.1) is 0 Å². The van der Waals surface area contributed by atoms with Gasteiger partial charge in [-0.1, -0.05) is 31.5 Å². The minimum Gasteiger partial charge on any atom is -0.312 e. The van der Waals surface area contributed by atoms with Crippen LogP contribution in [0.3, 0.4) is 0 Å². The van der Waals surface area contributed by atoms with Crippen LogP contribution >= 0.6 is 0 Å². The zero-order chi connectivity index (χ0) is 13.0. The highest BCUT2D eigenvalue weighted by Gasteiger charge is 2.20. The second kappa shape index (κ2) is 6.28. The molecule has 3 heteroatoms. The van der Waals surface area contributed by atoms with Gasteiger partial charge in [-0.15, -0.1) is 0 Å². The number of alkyl halides is 2. The molecular formula is C15H21F2N. The Balaban J connectivity index is 1.78. The van der Waals surface area contributed by atoms with Gasteiger partial charge >= 0.3 is 0 Å². The topological polar surface area (TPSA) is 12.0 Å². The van der Waals surface area contributed by atoms with Crippen LogP contribution in [0, 0.1) is 11.8 Å². The summed E-state index contributed by atoms with van der Waals surface area (Å²) < 4.78 is 25.1. The molecule has 0 spiro atoms. The first kappa shape index (κ1) is 13.5. The van der Waals surface area contributed by atoms with E-state index in [2.05, 4.69) is 12.2 Å². The average molecular weight is 253 g/mol. The van der Waals surface area contributed by atoms with Crippen LogP contribution in [0.1, 0.15) is 43.7 Å². The maximum absolute atomic E-state index is 12.5. The summed E-state index contributed by atoms with van der Waals surface area (Å²) in [5.41, 5.74) is 1.06. The molecule has 1 aromatic rings. The van der Waals surface area contributed by atoms with Crippen molar-refractivity contribution in [3.05, 3.63) is 35.4 Å². The third-order valence-corrected chi connectivity index (χ3v) is 3.77. The minimum atomic E-state index is -2.37. The standard InChI is InChI=1S/C15H21F2N/c1-11-5-6-13(7-11)10-18-9-12-3-2-4-14(8-12)15(16)17/h2-4,8,11,13,15,18H,5-7,9-10H2,1H3. The van der Waals surface area contributed by atoms with Crippen molar-refractivity contribution in [3.8, 4) is 0 Å². The molecule has 1 aliphatic rings. The largest absolute Gasteiger partial charge is 0.312 e. The molecule has 2 unspecified atom stereocenters. The Morgan fingerprint density at radius 2 is 2.17 bits per heavy atom. The lowest BCUT2D eigenvalue weighted by atomic mass is 10.1. The predicted molar refractivity (Wildman–Crippen MR) is 69.6 cm³/mol. The normalized spacial score (nSPS) is 23.8. The summed E-state index contributed by atoms with van der Waals surface area (Å²) in [7, 11) is 0. The maximum atomic E-state index is 12.5. The highest BCUT2D eigenvalue weighted by atomic mass is 19.3. The van der Waals surface area contributed by atoms with Gasteiger partial charge in [0.1, 0.15) is 0 Å². The average Bonchev–Trinajstić information content (AvgIpc) is 2.75. The third kappa shape index (κ3) is 3.77. The summed E-state index contributed by atoms with van der Waals surface area (Å²) in [5, 5.41) is 3.39. The monoisotopic (exact) mass is 253 g/mol. The van der Waals surface area contributed by atoms with Gasteiger partial charge in [0, 0.05) is 12.1 Å². The van der Waals surface area contributed by atoms with Crippen LogP contribution in [0.4, 0.5) is 8.78 Å². The third-order valence-electron chi connectivity index (χ3n) is 3.77. The van der Waals surface area contributed by atoms with Crippen LogP contribution in [-0.2, 0) is 6.54 Å². The van der Waals surface area contributed by atoms with E-state index in [9.17, 15) is 8.78 Å². The fraction of sp³-hybridized carbons (Fsp3) is 0.600. The summed E-state index contributed by atoms with van der Waals surface area (Å²) in [4.78, 5) is 0. The Morgan fingerprint density at radius 1 is 1.33 bits per heavy atom. The van der Waals surface area contributed by atoms with E-state index in [-0.39, 0.29) is 5.56 Å². The van der Waals surface area contributed by atoms with Crippen molar-refractivity contribution in [2.24, 2.45) is 11.8 Å². The number of hydrogen-bond donors (Lipinski definition) is 1. The molecule has 1 aromatic carbocycles. The van der Waals surface area contributed by atoms with Crippen LogP contribution in [0.2, 0.25) is 0 Å². The van der Waals surface area contributed by atoms with Gasteiger partial charge in [-0.2, -0.15) is 0 Å². The van der Waals surface area contributed by atoms with Crippen molar-refractivity contribution >= 4 is 0 Å². The number of halogens is 2. The van der Waals surface area contributed by atoms with E-state index in [4.69, 9.17) is 0 Å². The van der Waals surface area contributed by atoms with E-state index >= 15 is 0 Å². The molecule has 0 heterocycles. The lowest BCUT2D eigenvalue weighted by molar-refractivity contribution is 0.151. The second-order valence-electron chi connectivity index (χ2n) is 5.46. The van der Waals surface area contributed by atoms with Gasteiger partial charge in [0.2, 0.25) is 0 Å². The van der Waals surface area contributed by atoms with Crippen LogP contribution in [0.5, 0.6) is 0 Å². The molecule has 0 amide bonds. The first-order chi connectivity index (χ1) is 8.65. The Morgan fingerprint density at radius 3 is 2.83 bits per heavy atom. The Hall–Kier alpha value is -0.960. The fourth-order valence-electron chi connectivity index (χ4n) is 2.77. The Kier molecular flexibility index (Phi) is 4.70. The van der Waals surface area contributed by atoms with Crippen molar-refractivity contribution in [2.75, 3.05) is 6.54 Å². The molecule has 0 radical (unpaired) electrons. The quantitative estimate of drug-likeness (QED) is 0.831. The second-order valence-corrected chi connectivity index (χ2v) is 5.46. The van der Waals surface area contributed by atoms with Crippen LogP contribution in [-0.4, -0.2) is 6.54 Å². The summed E-state index contributed by atoms with van der Waals surface area (Å²) in [5.74, 6) is 1.61. The lowest BCUT2D eigenvalue weighted by Gasteiger charge is -2.11. The fourth-order valence-corrected chi connectivity index (χ4v) is 2.77. The van der Waals surface area contributed by atoms with E-state index in [1.807, 2.05) is 6.07 Å². The molecule has 1 nitrogen and oxygen atoms in total. The van der Waals surface area contributed by atoms with E-state index in [0.717, 1.165) is 23.9 Å². The number of rotatable bonds is 5. The lowest BCUT2D eigenvalue weighted by Crippen LogP contribution is -2.21. The zero-order valence-corrected chi connectivity index (χ0v) is 10.8. The van der Waals surface area contributed by atoms with Crippen molar-refractivity contribution in [3.63, 3.8) is 0 Å². The summed E-state index contributed by atoms with van der Waals surface area (Å²) in [6.07, 6.45) is 1.54. The van der Waals surface area contributed by atoms with Crippen molar-refractivity contribution in [1.82, 2.24) is 5.32 Å². The molecule has 2 rings (SSSR count). The van der Waals surface area contributed by atoms with Crippen molar-refractivity contribution in [2.45, 2.75) is 39.2 Å². The van der Waals surface area contributed by atoms with Crippen LogP contribution < -0.4 is 5.32 Å². The van der Waals surface area contributed by atoms with Crippen LogP contribution in [0.25, 0.3) is 0 Å². The van der Waals surface area contributed by atoms with E-state index < -0.39 is 6.43 Å². The summed E-state index contributed by atoms with van der Waals surface area (Å²) in [6, 6.07) is 6.67. The molecular weight excluding hydrogens is 232 g/mol. The molecule has 0 saturated heterocycles. The smallest absolute Gasteiger partial charge is 0.263 e. The van der Waals surface area contributed by atoms with Gasteiger partial charge in [-0.25, -0.2) is 8.78 Å². The van der Waals surface area contributed by atoms with E-state index in [0.29, 0.717) is 6.54 Å². The van der Waals surface area contributed by atoms with Gasteiger partial charge in [0.25, 0.3) is 6.43 Å². The molecule has 2 atom stereocenters. The number of benzene rings is 1. The first-order valence-electron chi connectivity index (χ1n) is 6.73. The van der Waals surface area contributed by atoms with Crippen molar-refractivity contribution < 1.29 is 8.78 Å². The van der Waals surface area contributed by atoms with Crippen LogP contribution in [0.15, 0.2) is 24.3 Å². The summed E-state index contributed by atoms with van der Waals surface area (Å²) >= 11 is 0. The highest BCUT2D eigenvalue weighted by Crippen LogP contribution is 2.29. The molecule has 100 valence electrons. The zero-order valence-electron chi connectivity index (χ0n) is 10.8. The molecule has 0 bridgehead atoms. The van der Waals surface area contributed by atoms with E-state index in [1.165, 1.54) is 25.3 Å². The summed E-state index contributed by atoms with van der Waals surface area (Å²) in [6.45, 7) is 3.99. The molecule has 0 aliphatic heterocycles. The van der Waals surface area contributed by atoms with E-state index in [1.54, 1.807) is 12.1 Å². The minimum absolute atomic E-state index is 0.115. The van der Waals surface area contributed by atoms with Gasteiger partial charge in [0.15, 0.2) is 0 Å². The number of nitrogens with one attached hydrogen (secondary N) is 1. The maximum Gasteiger partial charge on any atom is 0.263 e. The molecule has 1 N–H and O–H groups in total. The van der Waals surface area contributed by atoms with Gasteiger partial charge in [-0.05, 0) is 42.9 Å². The molecule has 1 aliphatic carbocycles. The number of hydrogen-bond acceptors (Lipinski definition) is 1. The van der Waals surface area contributed by atoms with Gasteiger partial charge in [-0.3, -0.25) is 0 Å². The SMILES string of the molecule is CC1CCC(CNCc2cccc(C(F)F)c2)C1. The molecule has 0 aromatic heterocycles. The molecule has 1 fully saturated rings. The molecule has 1 saturated carbocycles. The van der Waals surface area contributed by atoms with Gasteiger partial charge < -0.3 is 5.32 Å².